The number of urea groups is 1. The second-order valence-corrected chi connectivity index (χ2v) is 2.79. The summed E-state index contributed by atoms with van der Waals surface area (Å²) < 4.78 is 0. The van der Waals surface area contributed by atoms with Crippen molar-refractivity contribution in [3.63, 3.8) is 0 Å². The van der Waals surface area contributed by atoms with Gasteiger partial charge in [0.05, 0.1) is 0 Å². The number of nitrogens with two attached hydrogens (primary N) is 1. The Morgan fingerprint density at radius 2 is 2.46 bits per heavy atom. The molecule has 0 spiro atoms. The van der Waals surface area contributed by atoms with Crippen molar-refractivity contribution in [1.29, 1.82) is 0 Å². The molecule has 0 radical (unpaired) electrons. The summed E-state index contributed by atoms with van der Waals surface area (Å²) in [5, 5.41) is 2.67. The Bertz CT molecular complexity index is 364. The second-order valence-electron chi connectivity index (χ2n) is 2.79. The summed E-state index contributed by atoms with van der Waals surface area (Å²) in [4.78, 5) is 20.4. The molecule has 6 nitrogen and oxygen atoms in total. The third-order valence-corrected chi connectivity index (χ3v) is 1.91. The van der Waals surface area contributed by atoms with Crippen LogP contribution in [-0.4, -0.2) is 23.0 Å². The topological polar surface area (TPSA) is 84.1 Å². The number of anilines is 2. The van der Waals surface area contributed by atoms with Gasteiger partial charge < -0.3 is 11.1 Å². The number of nitrogen functional groups attached to an aromatic ring is 1. The average molecular weight is 179 g/mol. The van der Waals surface area contributed by atoms with Gasteiger partial charge in [0.15, 0.2) is 0 Å². The summed E-state index contributed by atoms with van der Waals surface area (Å²) in [7, 11) is 1.64. The van der Waals surface area contributed by atoms with Gasteiger partial charge in [0.1, 0.15) is 5.82 Å². The predicted octanol–water partition coefficient (Wildman–Crippen LogP) is -0.282. The van der Waals surface area contributed by atoms with Crippen LogP contribution in [0.5, 0.6) is 0 Å². The standard InChI is InChI=1S/C7H9N5O/c1-12-5-4(3-10-7(12)13)2-9-6(8)11-5/h2H,3H2,1H3,(H,10,13)(H2,8,9,11). The lowest BCUT2D eigenvalue weighted by Gasteiger charge is -2.24. The molecule has 1 aliphatic heterocycles. The van der Waals surface area contributed by atoms with Gasteiger partial charge in [-0.25, -0.2) is 9.78 Å². The van der Waals surface area contributed by atoms with E-state index in [1.807, 2.05) is 0 Å². The van der Waals surface area contributed by atoms with Crippen LogP contribution in [0.1, 0.15) is 5.56 Å². The van der Waals surface area contributed by atoms with E-state index in [9.17, 15) is 4.79 Å². The number of nitrogens with one attached hydrogen (secondary N) is 1. The zero-order chi connectivity index (χ0) is 9.42. The van der Waals surface area contributed by atoms with Gasteiger partial charge in [-0.2, -0.15) is 4.98 Å². The normalized spacial score (nSPS) is 15.2. The molecule has 13 heavy (non-hydrogen) atoms. The van der Waals surface area contributed by atoms with Crippen molar-refractivity contribution in [2.45, 2.75) is 6.54 Å². The van der Waals surface area contributed by atoms with Crippen molar-refractivity contribution in [2.75, 3.05) is 17.7 Å². The van der Waals surface area contributed by atoms with Crippen molar-refractivity contribution >= 4 is 17.8 Å². The first-order valence-corrected chi connectivity index (χ1v) is 3.81. The molecule has 2 heterocycles. The number of aromatic nitrogens is 2. The maximum Gasteiger partial charge on any atom is 0.323 e. The summed E-state index contributed by atoms with van der Waals surface area (Å²) in [6.07, 6.45) is 1.62. The van der Waals surface area contributed by atoms with E-state index in [4.69, 9.17) is 5.73 Å². The van der Waals surface area contributed by atoms with E-state index in [0.717, 1.165) is 5.56 Å². The Morgan fingerprint density at radius 1 is 1.69 bits per heavy atom. The summed E-state index contributed by atoms with van der Waals surface area (Å²) in [5.74, 6) is 0.761. The predicted molar refractivity (Wildman–Crippen MR) is 47.1 cm³/mol. The van der Waals surface area contributed by atoms with Gasteiger partial charge in [-0.3, -0.25) is 4.90 Å². The Labute approximate surface area is 74.8 Å². The molecule has 0 atom stereocenters. The average Bonchev–Trinajstić information content (AvgIpc) is 2.12. The van der Waals surface area contributed by atoms with Crippen LogP contribution in [-0.2, 0) is 6.54 Å². The first kappa shape index (κ1) is 7.78. The van der Waals surface area contributed by atoms with Gasteiger partial charge in [0, 0.05) is 25.4 Å². The van der Waals surface area contributed by atoms with E-state index in [-0.39, 0.29) is 12.0 Å². The lowest BCUT2D eigenvalue weighted by atomic mass is 10.2. The van der Waals surface area contributed by atoms with Crippen LogP contribution >= 0.6 is 0 Å². The fourth-order valence-corrected chi connectivity index (χ4v) is 1.21. The highest BCUT2D eigenvalue weighted by molar-refractivity contribution is 5.93. The molecular weight excluding hydrogens is 170 g/mol. The van der Waals surface area contributed by atoms with Crippen LogP contribution in [0.25, 0.3) is 0 Å². The Kier molecular flexibility index (Phi) is 1.54. The van der Waals surface area contributed by atoms with Gasteiger partial charge in [-0.1, -0.05) is 0 Å². The lowest BCUT2D eigenvalue weighted by molar-refractivity contribution is 0.245. The van der Waals surface area contributed by atoms with Crippen molar-refractivity contribution in [3.05, 3.63) is 11.8 Å². The molecule has 0 saturated carbocycles. The fourth-order valence-electron chi connectivity index (χ4n) is 1.21. The first-order chi connectivity index (χ1) is 6.18. The third kappa shape index (κ3) is 1.16. The van der Waals surface area contributed by atoms with Gasteiger partial charge in [0.25, 0.3) is 0 Å². The van der Waals surface area contributed by atoms with Crippen LogP contribution in [0.3, 0.4) is 0 Å². The molecule has 68 valence electrons. The van der Waals surface area contributed by atoms with Gasteiger partial charge in [-0.15, -0.1) is 0 Å². The Balaban J connectivity index is 2.51. The molecule has 0 aromatic carbocycles. The van der Waals surface area contributed by atoms with E-state index in [1.54, 1.807) is 13.2 Å². The fraction of sp³-hybridized carbons (Fsp3) is 0.286. The largest absolute Gasteiger partial charge is 0.368 e. The Morgan fingerprint density at radius 3 is 3.23 bits per heavy atom. The summed E-state index contributed by atoms with van der Waals surface area (Å²) in [6.45, 7) is 0.457. The highest BCUT2D eigenvalue weighted by atomic mass is 16.2. The van der Waals surface area contributed by atoms with Crippen molar-refractivity contribution in [2.24, 2.45) is 0 Å². The highest BCUT2D eigenvalue weighted by Crippen LogP contribution is 2.19. The molecule has 2 rings (SSSR count). The number of amides is 2. The van der Waals surface area contributed by atoms with Gasteiger partial charge in [0.2, 0.25) is 5.95 Å². The summed E-state index contributed by atoms with van der Waals surface area (Å²) >= 11 is 0. The molecule has 6 heteroatoms. The van der Waals surface area contributed by atoms with Crippen molar-refractivity contribution in [1.82, 2.24) is 15.3 Å². The zero-order valence-electron chi connectivity index (χ0n) is 7.11. The minimum absolute atomic E-state index is 0.175. The van der Waals surface area contributed by atoms with E-state index in [2.05, 4.69) is 15.3 Å². The van der Waals surface area contributed by atoms with E-state index < -0.39 is 0 Å². The zero-order valence-corrected chi connectivity index (χ0v) is 7.11. The molecular formula is C7H9N5O. The molecule has 0 saturated heterocycles. The Hall–Kier alpha value is -1.85. The molecule has 2 amide bonds. The quantitative estimate of drug-likeness (QED) is 0.573. The van der Waals surface area contributed by atoms with Crippen LogP contribution in [0.15, 0.2) is 6.20 Å². The van der Waals surface area contributed by atoms with Crippen LogP contribution in [0.4, 0.5) is 16.6 Å². The molecule has 1 aromatic rings. The second kappa shape index (κ2) is 2.58. The summed E-state index contributed by atoms with van der Waals surface area (Å²) in [6, 6.07) is -0.175. The number of rotatable bonds is 0. The van der Waals surface area contributed by atoms with Crippen LogP contribution in [0, 0.1) is 0 Å². The molecule has 3 N–H and O–H groups in total. The number of hydrogen-bond donors (Lipinski definition) is 2. The minimum atomic E-state index is -0.175. The molecule has 0 aliphatic carbocycles. The SMILES string of the molecule is CN1C(=O)NCc2cnc(N)nc21. The molecule has 0 bridgehead atoms. The number of carbonyl (C=O) groups excluding carboxylic acids is 1. The maximum atomic E-state index is 11.2. The number of hydrogen-bond acceptors (Lipinski definition) is 4. The van der Waals surface area contributed by atoms with E-state index >= 15 is 0 Å². The number of carbonyl (C=O) groups is 1. The summed E-state index contributed by atoms with van der Waals surface area (Å²) in [5.41, 5.74) is 6.28. The van der Waals surface area contributed by atoms with Crippen molar-refractivity contribution in [3.8, 4) is 0 Å². The van der Waals surface area contributed by atoms with Crippen molar-refractivity contribution < 1.29 is 4.79 Å². The molecule has 1 aliphatic rings. The van der Waals surface area contributed by atoms with Gasteiger partial charge in [-0.05, 0) is 0 Å². The smallest absolute Gasteiger partial charge is 0.323 e. The number of nitrogens with zero attached hydrogens (tertiary/aromatic N) is 3. The number of fused-ring (bicyclic) bond motifs is 1. The monoisotopic (exact) mass is 179 g/mol. The molecule has 0 unspecified atom stereocenters. The van der Waals surface area contributed by atoms with E-state index in [0.29, 0.717) is 12.4 Å². The minimum Gasteiger partial charge on any atom is -0.368 e. The molecule has 1 aromatic heterocycles. The van der Waals surface area contributed by atoms with Crippen LogP contribution < -0.4 is 16.0 Å². The van der Waals surface area contributed by atoms with Gasteiger partial charge >= 0.3 is 6.03 Å². The third-order valence-electron chi connectivity index (χ3n) is 1.91. The highest BCUT2D eigenvalue weighted by Gasteiger charge is 2.21. The lowest BCUT2D eigenvalue weighted by Crippen LogP contribution is -2.42. The molecule has 0 fully saturated rings. The maximum absolute atomic E-state index is 11.2. The van der Waals surface area contributed by atoms with E-state index in [1.165, 1.54) is 4.90 Å². The van der Waals surface area contributed by atoms with Crippen LogP contribution in [0.2, 0.25) is 0 Å². The first-order valence-electron chi connectivity index (χ1n) is 3.81.